The third-order valence-corrected chi connectivity index (χ3v) is 4.70. The van der Waals surface area contributed by atoms with Crippen molar-refractivity contribution >= 4 is 23.0 Å². The summed E-state index contributed by atoms with van der Waals surface area (Å²) in [4.78, 5) is 18.4. The van der Waals surface area contributed by atoms with Crippen molar-refractivity contribution in [1.29, 1.82) is 0 Å². The van der Waals surface area contributed by atoms with Crippen molar-refractivity contribution in [3.05, 3.63) is 51.7 Å². The molecule has 0 bridgehead atoms. The molecule has 0 unspecified atom stereocenters. The van der Waals surface area contributed by atoms with Gasteiger partial charge in [-0.15, -0.1) is 11.3 Å². The van der Waals surface area contributed by atoms with Gasteiger partial charge in [0, 0.05) is 0 Å². The fourth-order valence-corrected chi connectivity index (χ4v) is 2.77. The zero-order valence-electron chi connectivity index (χ0n) is 14.9. The van der Waals surface area contributed by atoms with Crippen molar-refractivity contribution in [3.8, 4) is 5.75 Å². The summed E-state index contributed by atoms with van der Waals surface area (Å²) in [6.07, 6.45) is -4.41. The zero-order valence-corrected chi connectivity index (χ0v) is 15.7. The van der Waals surface area contributed by atoms with Crippen LogP contribution >= 0.6 is 11.3 Å². The topological polar surface area (TPSA) is 70.9 Å². The minimum atomic E-state index is -4.41. The molecule has 0 saturated carbocycles. The first kappa shape index (κ1) is 20.9. The Labute approximate surface area is 158 Å². The van der Waals surface area contributed by atoms with E-state index in [1.807, 2.05) is 0 Å². The maximum atomic E-state index is 12.5. The van der Waals surface area contributed by atoms with Crippen LogP contribution in [0.15, 0.2) is 41.6 Å². The van der Waals surface area contributed by atoms with Crippen molar-refractivity contribution in [1.82, 2.24) is 5.32 Å². The average Bonchev–Trinajstić information content (AvgIpc) is 3.09. The van der Waals surface area contributed by atoms with E-state index in [9.17, 15) is 23.1 Å². The Balaban J connectivity index is 2.04. The number of aliphatic hydroxyl groups excluding tert-OH is 1. The molecule has 0 saturated heterocycles. The van der Waals surface area contributed by atoms with Crippen LogP contribution in [0.25, 0.3) is 0 Å². The third kappa shape index (κ3) is 5.80. The number of nitrogens with zero attached hydrogens (tertiary/aromatic N) is 1. The highest BCUT2D eigenvalue weighted by molar-refractivity contribution is 7.16. The molecular weight excluding hydrogens is 381 g/mol. The number of carbonyl (C=O) groups excluding carboxylic acids is 1. The number of rotatable bonds is 6. The molecule has 2 rings (SSSR count). The number of aliphatic hydroxyl groups is 1. The second-order valence-corrected chi connectivity index (χ2v) is 7.53. The molecule has 1 aromatic heterocycles. The third-order valence-electron chi connectivity index (χ3n) is 3.50. The minimum absolute atomic E-state index is 0.168. The lowest BCUT2D eigenvalue weighted by molar-refractivity contribution is -0.137. The summed E-state index contributed by atoms with van der Waals surface area (Å²) < 4.78 is 37.6. The average molecular weight is 400 g/mol. The standard InChI is InChI=1S/C18H19F3N2O3S/c1-11(23-26-13-6-4-12(5-7-13)18(19,20)21)14-8-9-15(27-14)16(25)22-17(2,3)10-24/h4-9,24H,10H2,1-3H3,(H,22,25). The highest BCUT2D eigenvalue weighted by atomic mass is 32.1. The Bertz CT molecular complexity index is 827. The summed E-state index contributed by atoms with van der Waals surface area (Å²) in [5, 5.41) is 15.8. The second kappa shape index (κ2) is 8.10. The van der Waals surface area contributed by atoms with Gasteiger partial charge in [0.2, 0.25) is 0 Å². The zero-order chi connectivity index (χ0) is 20.2. The van der Waals surface area contributed by atoms with Gasteiger partial charge in [-0.1, -0.05) is 5.16 Å². The largest absolute Gasteiger partial charge is 0.416 e. The Kier molecular flexibility index (Phi) is 6.27. The SMILES string of the molecule is CC(=NOc1ccc(C(F)(F)F)cc1)c1ccc(C(=O)NC(C)(C)CO)s1. The summed E-state index contributed by atoms with van der Waals surface area (Å²) >= 11 is 1.19. The van der Waals surface area contributed by atoms with E-state index in [2.05, 4.69) is 10.5 Å². The van der Waals surface area contributed by atoms with Gasteiger partial charge in [0.15, 0.2) is 5.75 Å². The lowest BCUT2D eigenvalue weighted by Crippen LogP contribution is -2.46. The first-order valence-electron chi connectivity index (χ1n) is 7.94. The number of amides is 1. The monoisotopic (exact) mass is 400 g/mol. The Morgan fingerprint density at radius 1 is 1.15 bits per heavy atom. The van der Waals surface area contributed by atoms with E-state index in [0.717, 1.165) is 12.1 Å². The highest BCUT2D eigenvalue weighted by Gasteiger charge is 2.30. The predicted octanol–water partition coefficient (Wildman–Crippen LogP) is 4.07. The molecule has 2 N–H and O–H groups in total. The maximum Gasteiger partial charge on any atom is 0.416 e. The number of benzene rings is 1. The first-order valence-corrected chi connectivity index (χ1v) is 8.76. The first-order chi connectivity index (χ1) is 12.5. The van der Waals surface area contributed by atoms with Crippen molar-refractivity contribution in [3.63, 3.8) is 0 Å². The number of alkyl halides is 3. The molecule has 9 heteroatoms. The number of nitrogens with one attached hydrogen (secondary N) is 1. The van der Waals surface area contributed by atoms with E-state index in [0.29, 0.717) is 15.5 Å². The van der Waals surface area contributed by atoms with E-state index in [-0.39, 0.29) is 18.3 Å². The molecular formula is C18H19F3N2O3S. The van der Waals surface area contributed by atoms with Gasteiger partial charge in [0.1, 0.15) is 0 Å². The highest BCUT2D eigenvalue weighted by Crippen LogP contribution is 2.30. The van der Waals surface area contributed by atoms with Crippen molar-refractivity contribution in [2.45, 2.75) is 32.5 Å². The van der Waals surface area contributed by atoms with Crippen LogP contribution in [0.3, 0.4) is 0 Å². The number of hydrogen-bond acceptors (Lipinski definition) is 5. The number of carbonyl (C=O) groups is 1. The molecule has 0 spiro atoms. The molecule has 0 fully saturated rings. The maximum absolute atomic E-state index is 12.5. The summed E-state index contributed by atoms with van der Waals surface area (Å²) in [5.74, 6) is -0.150. The van der Waals surface area contributed by atoms with E-state index in [4.69, 9.17) is 4.84 Å². The van der Waals surface area contributed by atoms with Crippen LogP contribution in [0.2, 0.25) is 0 Å². The van der Waals surface area contributed by atoms with E-state index >= 15 is 0 Å². The summed E-state index contributed by atoms with van der Waals surface area (Å²) in [6, 6.07) is 7.52. The van der Waals surface area contributed by atoms with Crippen LogP contribution in [0.4, 0.5) is 13.2 Å². The van der Waals surface area contributed by atoms with Crippen molar-refractivity contribution < 1.29 is 27.9 Å². The van der Waals surface area contributed by atoms with Gasteiger partial charge in [-0.3, -0.25) is 4.79 Å². The van der Waals surface area contributed by atoms with Gasteiger partial charge in [0.25, 0.3) is 5.91 Å². The van der Waals surface area contributed by atoms with Crippen LogP contribution in [0.5, 0.6) is 5.75 Å². The number of thiophene rings is 1. The van der Waals surface area contributed by atoms with Gasteiger partial charge in [-0.25, -0.2) is 0 Å². The molecule has 1 aromatic carbocycles. The van der Waals surface area contributed by atoms with Gasteiger partial charge >= 0.3 is 6.18 Å². The molecule has 1 heterocycles. The quantitative estimate of drug-likeness (QED) is 0.567. The Morgan fingerprint density at radius 2 is 1.74 bits per heavy atom. The Morgan fingerprint density at radius 3 is 2.30 bits per heavy atom. The molecule has 27 heavy (non-hydrogen) atoms. The van der Waals surface area contributed by atoms with Crippen LogP contribution in [0, 0.1) is 0 Å². The van der Waals surface area contributed by atoms with Crippen LogP contribution < -0.4 is 10.2 Å². The lowest BCUT2D eigenvalue weighted by atomic mass is 10.1. The molecule has 5 nitrogen and oxygen atoms in total. The number of halogens is 3. The van der Waals surface area contributed by atoms with E-state index in [1.54, 1.807) is 32.9 Å². The second-order valence-electron chi connectivity index (χ2n) is 6.45. The molecule has 0 aliphatic heterocycles. The smallest absolute Gasteiger partial charge is 0.394 e. The lowest BCUT2D eigenvalue weighted by Gasteiger charge is -2.22. The summed E-state index contributed by atoms with van der Waals surface area (Å²) in [6.45, 7) is 4.86. The molecule has 1 amide bonds. The van der Waals surface area contributed by atoms with Crippen molar-refractivity contribution in [2.75, 3.05) is 6.61 Å². The van der Waals surface area contributed by atoms with Crippen LogP contribution in [-0.2, 0) is 6.18 Å². The minimum Gasteiger partial charge on any atom is -0.394 e. The molecule has 2 aromatic rings. The molecule has 0 atom stereocenters. The molecule has 146 valence electrons. The predicted molar refractivity (Wildman–Crippen MR) is 97.2 cm³/mol. The van der Waals surface area contributed by atoms with E-state index in [1.165, 1.54) is 23.5 Å². The van der Waals surface area contributed by atoms with Crippen molar-refractivity contribution in [2.24, 2.45) is 5.16 Å². The molecule has 0 aliphatic carbocycles. The van der Waals surface area contributed by atoms with Gasteiger partial charge in [-0.05, 0) is 57.2 Å². The van der Waals surface area contributed by atoms with Gasteiger partial charge in [-0.2, -0.15) is 13.2 Å². The molecule has 0 radical (unpaired) electrons. The molecule has 0 aliphatic rings. The normalized spacial score (nSPS) is 12.8. The van der Waals surface area contributed by atoms with Gasteiger partial charge < -0.3 is 15.3 Å². The van der Waals surface area contributed by atoms with Crippen LogP contribution in [-0.4, -0.2) is 28.9 Å². The van der Waals surface area contributed by atoms with Crippen LogP contribution in [0.1, 0.15) is 40.9 Å². The Hall–Kier alpha value is -2.39. The van der Waals surface area contributed by atoms with E-state index < -0.39 is 17.3 Å². The van der Waals surface area contributed by atoms with Gasteiger partial charge in [0.05, 0.1) is 33.2 Å². The fourth-order valence-electron chi connectivity index (χ4n) is 1.93. The number of oxime groups is 1. The summed E-state index contributed by atoms with van der Waals surface area (Å²) in [5.41, 5.74) is -1.04. The number of hydrogen-bond donors (Lipinski definition) is 2. The fraction of sp³-hybridized carbons (Fsp3) is 0.333. The summed E-state index contributed by atoms with van der Waals surface area (Å²) in [7, 11) is 0.